The molecular formula is C14H15N5. The van der Waals surface area contributed by atoms with E-state index in [-0.39, 0.29) is 0 Å². The summed E-state index contributed by atoms with van der Waals surface area (Å²) in [4.78, 5) is 16.9. The molecule has 0 spiro atoms. The Morgan fingerprint density at radius 2 is 1.79 bits per heavy atom. The van der Waals surface area contributed by atoms with E-state index >= 15 is 0 Å². The van der Waals surface area contributed by atoms with E-state index in [1.807, 2.05) is 30.3 Å². The monoisotopic (exact) mass is 253 g/mol. The van der Waals surface area contributed by atoms with Crippen LogP contribution in [0, 0.1) is 0 Å². The van der Waals surface area contributed by atoms with E-state index in [0.29, 0.717) is 11.5 Å². The summed E-state index contributed by atoms with van der Waals surface area (Å²) in [6.45, 7) is 4.12. The van der Waals surface area contributed by atoms with Crippen molar-refractivity contribution in [2.75, 3.05) is 0 Å². The van der Waals surface area contributed by atoms with Gasteiger partial charge in [0.05, 0.1) is 0 Å². The molecule has 1 aromatic carbocycles. The minimum Gasteiger partial charge on any atom is -0.301 e. The van der Waals surface area contributed by atoms with E-state index in [1.54, 1.807) is 0 Å². The highest BCUT2D eigenvalue weighted by Gasteiger charge is 2.50. The number of amidine groups is 1. The van der Waals surface area contributed by atoms with Gasteiger partial charge in [0.1, 0.15) is 18.4 Å². The Labute approximate surface area is 111 Å². The first-order valence-corrected chi connectivity index (χ1v) is 6.13. The highest BCUT2D eigenvalue weighted by atomic mass is 15.2. The summed E-state index contributed by atoms with van der Waals surface area (Å²) >= 11 is 0. The summed E-state index contributed by atoms with van der Waals surface area (Å²) in [6.07, 6.45) is 2.95. The molecule has 96 valence electrons. The number of aliphatic imine (C=N–C) groups is 4. The number of nitrogens with two attached hydrogens (primary N) is 1. The quantitative estimate of drug-likeness (QED) is 0.852. The lowest BCUT2D eigenvalue weighted by Gasteiger charge is -2.41. The molecule has 3 rings (SSSR count). The van der Waals surface area contributed by atoms with Crippen LogP contribution in [0.4, 0.5) is 0 Å². The van der Waals surface area contributed by atoms with Crippen LogP contribution >= 0.6 is 0 Å². The van der Waals surface area contributed by atoms with Crippen molar-refractivity contribution in [1.82, 2.24) is 0 Å². The van der Waals surface area contributed by atoms with Gasteiger partial charge in [0.25, 0.3) is 0 Å². The van der Waals surface area contributed by atoms with Gasteiger partial charge in [-0.05, 0) is 5.56 Å². The Balaban J connectivity index is 2.11. The van der Waals surface area contributed by atoms with Crippen LogP contribution in [0.3, 0.4) is 0 Å². The maximum absolute atomic E-state index is 6.56. The topological polar surface area (TPSA) is 75.5 Å². The fraction of sp³-hybridized carbons (Fsp3) is 0.286. The molecule has 0 saturated carbocycles. The zero-order valence-corrected chi connectivity index (χ0v) is 10.9. The normalized spacial score (nSPS) is 25.0. The van der Waals surface area contributed by atoms with Crippen LogP contribution in [-0.2, 0) is 5.41 Å². The van der Waals surface area contributed by atoms with E-state index in [4.69, 9.17) is 5.73 Å². The third kappa shape index (κ3) is 1.58. The summed E-state index contributed by atoms with van der Waals surface area (Å²) in [5, 5.41) is 0. The maximum Gasteiger partial charge on any atom is 0.180 e. The van der Waals surface area contributed by atoms with E-state index in [9.17, 15) is 0 Å². The van der Waals surface area contributed by atoms with Crippen molar-refractivity contribution in [2.24, 2.45) is 25.7 Å². The molecule has 0 saturated heterocycles. The average Bonchev–Trinajstić information content (AvgIpc) is 2.89. The summed E-state index contributed by atoms with van der Waals surface area (Å²) in [5.41, 5.74) is 6.92. The van der Waals surface area contributed by atoms with Gasteiger partial charge in [0, 0.05) is 5.41 Å². The van der Waals surface area contributed by atoms with Gasteiger partial charge >= 0.3 is 0 Å². The first-order valence-electron chi connectivity index (χ1n) is 6.13. The fourth-order valence-corrected chi connectivity index (χ4v) is 2.39. The van der Waals surface area contributed by atoms with E-state index in [1.165, 1.54) is 12.7 Å². The summed E-state index contributed by atoms with van der Waals surface area (Å²) < 4.78 is 0. The number of benzene rings is 1. The largest absolute Gasteiger partial charge is 0.301 e. The molecule has 1 atom stereocenters. The second kappa shape index (κ2) is 3.93. The molecule has 0 radical (unpaired) electrons. The van der Waals surface area contributed by atoms with E-state index in [0.717, 1.165) is 5.56 Å². The Morgan fingerprint density at radius 3 is 2.53 bits per heavy atom. The molecule has 0 aromatic heterocycles. The van der Waals surface area contributed by atoms with Gasteiger partial charge in [-0.1, -0.05) is 44.2 Å². The van der Waals surface area contributed by atoms with Gasteiger partial charge in [0.2, 0.25) is 0 Å². The SMILES string of the molecule is CC(C)(c1ccccc1)C1(N)N=CN=C2N=CN=C21. The van der Waals surface area contributed by atoms with Gasteiger partial charge in [-0.3, -0.25) is 0 Å². The average molecular weight is 253 g/mol. The minimum absolute atomic E-state index is 0.418. The number of nitrogens with zero attached hydrogens (tertiary/aromatic N) is 4. The first kappa shape index (κ1) is 11.9. The van der Waals surface area contributed by atoms with Crippen molar-refractivity contribution in [3.63, 3.8) is 0 Å². The van der Waals surface area contributed by atoms with Gasteiger partial charge in [-0.2, -0.15) is 0 Å². The molecule has 1 aromatic rings. The highest BCUT2D eigenvalue weighted by Crippen LogP contribution is 2.37. The molecule has 5 heteroatoms. The van der Waals surface area contributed by atoms with Crippen LogP contribution < -0.4 is 5.73 Å². The van der Waals surface area contributed by atoms with Gasteiger partial charge < -0.3 is 5.73 Å². The van der Waals surface area contributed by atoms with Crippen LogP contribution in [-0.4, -0.2) is 29.9 Å². The lowest BCUT2D eigenvalue weighted by atomic mass is 9.71. The van der Waals surface area contributed by atoms with Gasteiger partial charge in [-0.25, -0.2) is 20.0 Å². The highest BCUT2D eigenvalue weighted by molar-refractivity contribution is 6.50. The zero-order chi connectivity index (χ0) is 13.5. The van der Waals surface area contributed by atoms with Crippen molar-refractivity contribution in [1.29, 1.82) is 0 Å². The second-order valence-corrected chi connectivity index (χ2v) is 5.18. The molecule has 0 bridgehead atoms. The lowest BCUT2D eigenvalue weighted by Crippen LogP contribution is -2.62. The lowest BCUT2D eigenvalue weighted by molar-refractivity contribution is 0.357. The molecule has 2 N–H and O–H groups in total. The maximum atomic E-state index is 6.56. The van der Waals surface area contributed by atoms with Crippen molar-refractivity contribution < 1.29 is 0 Å². The third-order valence-electron chi connectivity index (χ3n) is 3.83. The van der Waals surface area contributed by atoms with Crippen molar-refractivity contribution in [3.05, 3.63) is 35.9 Å². The van der Waals surface area contributed by atoms with Crippen molar-refractivity contribution >= 4 is 24.2 Å². The Morgan fingerprint density at radius 1 is 1.05 bits per heavy atom. The van der Waals surface area contributed by atoms with Crippen LogP contribution in [0.5, 0.6) is 0 Å². The van der Waals surface area contributed by atoms with Gasteiger partial charge in [0.15, 0.2) is 11.5 Å². The van der Waals surface area contributed by atoms with Crippen LogP contribution in [0.15, 0.2) is 50.3 Å². The van der Waals surface area contributed by atoms with Crippen LogP contribution in [0.2, 0.25) is 0 Å². The zero-order valence-electron chi connectivity index (χ0n) is 10.9. The third-order valence-corrected chi connectivity index (χ3v) is 3.83. The molecule has 0 aliphatic carbocycles. The number of fused-ring (bicyclic) bond motifs is 1. The Kier molecular flexibility index (Phi) is 2.46. The molecule has 2 heterocycles. The molecule has 1 unspecified atom stereocenters. The van der Waals surface area contributed by atoms with Crippen LogP contribution in [0.25, 0.3) is 0 Å². The van der Waals surface area contributed by atoms with E-state index in [2.05, 4.69) is 33.8 Å². The summed E-state index contributed by atoms with van der Waals surface area (Å²) in [5.74, 6) is 0.557. The van der Waals surface area contributed by atoms with Crippen molar-refractivity contribution in [3.8, 4) is 0 Å². The molecule has 0 amide bonds. The second-order valence-electron chi connectivity index (χ2n) is 5.18. The molecule has 2 aliphatic heterocycles. The Hall–Kier alpha value is -2.14. The predicted octanol–water partition coefficient (Wildman–Crippen LogP) is 1.54. The molecule has 0 fully saturated rings. The summed E-state index contributed by atoms with van der Waals surface area (Å²) in [6, 6.07) is 10.1. The molecule has 19 heavy (non-hydrogen) atoms. The number of rotatable bonds is 2. The van der Waals surface area contributed by atoms with Crippen LogP contribution in [0.1, 0.15) is 19.4 Å². The predicted molar refractivity (Wildman–Crippen MR) is 78.2 cm³/mol. The molecule has 5 nitrogen and oxygen atoms in total. The standard InChI is InChI=1S/C14H15N5/c1-13(2,10-6-4-3-5-7-10)14(15)11-12(17-8-16-11)18-9-19-14/h3-9H,15H2,1-2H3. The van der Waals surface area contributed by atoms with Crippen molar-refractivity contribution in [2.45, 2.75) is 24.9 Å². The minimum atomic E-state index is -0.956. The number of hydrogen-bond acceptors (Lipinski definition) is 5. The summed E-state index contributed by atoms with van der Waals surface area (Å²) in [7, 11) is 0. The first-order chi connectivity index (χ1) is 9.06. The fourth-order valence-electron chi connectivity index (χ4n) is 2.39. The molecule has 2 aliphatic rings. The van der Waals surface area contributed by atoms with E-state index < -0.39 is 11.1 Å². The van der Waals surface area contributed by atoms with Gasteiger partial charge in [-0.15, -0.1) is 0 Å². The molecular weight excluding hydrogens is 238 g/mol. The number of hydrogen-bond donors (Lipinski definition) is 1. The smallest absolute Gasteiger partial charge is 0.180 e. The Bertz CT molecular complexity index is 624.